The standard InChI is InChI=1S/C13H22N2O2/c1-4-13(3)11(17)15(8-5-10(16)14-13)9-12(2)6-7-12/h4-9H2,1-3H3,(H,14,16). The first kappa shape index (κ1) is 12.4. The first-order valence-corrected chi connectivity index (χ1v) is 6.49. The number of rotatable bonds is 3. The average Bonchev–Trinajstić information content (AvgIpc) is 3.01. The third-order valence-electron chi connectivity index (χ3n) is 4.17. The first-order valence-electron chi connectivity index (χ1n) is 6.49. The lowest BCUT2D eigenvalue weighted by molar-refractivity contribution is -0.138. The number of hydrogen-bond acceptors (Lipinski definition) is 2. The van der Waals surface area contributed by atoms with Crippen LogP contribution in [0.15, 0.2) is 0 Å². The molecule has 1 N–H and O–H groups in total. The van der Waals surface area contributed by atoms with Gasteiger partial charge < -0.3 is 10.2 Å². The van der Waals surface area contributed by atoms with Gasteiger partial charge >= 0.3 is 0 Å². The van der Waals surface area contributed by atoms with Crippen molar-refractivity contribution in [3.05, 3.63) is 0 Å². The highest BCUT2D eigenvalue weighted by molar-refractivity contribution is 5.93. The Labute approximate surface area is 103 Å². The zero-order valence-corrected chi connectivity index (χ0v) is 11.0. The molecular weight excluding hydrogens is 216 g/mol. The summed E-state index contributed by atoms with van der Waals surface area (Å²) in [6.07, 6.45) is 3.46. The highest BCUT2D eigenvalue weighted by Gasteiger charge is 2.44. The van der Waals surface area contributed by atoms with Crippen molar-refractivity contribution < 1.29 is 9.59 Å². The van der Waals surface area contributed by atoms with Crippen LogP contribution in [0.5, 0.6) is 0 Å². The lowest BCUT2D eigenvalue weighted by Crippen LogP contribution is -2.55. The molecule has 0 aromatic rings. The number of carbonyl (C=O) groups excluding carboxylic acids is 2. The monoisotopic (exact) mass is 238 g/mol. The van der Waals surface area contributed by atoms with Gasteiger partial charge in [-0.2, -0.15) is 0 Å². The van der Waals surface area contributed by atoms with Gasteiger partial charge in [0, 0.05) is 19.5 Å². The largest absolute Gasteiger partial charge is 0.342 e. The minimum absolute atomic E-state index is 0.00819. The summed E-state index contributed by atoms with van der Waals surface area (Å²) < 4.78 is 0. The lowest BCUT2D eigenvalue weighted by Gasteiger charge is -2.32. The minimum atomic E-state index is -0.709. The average molecular weight is 238 g/mol. The van der Waals surface area contributed by atoms with Crippen LogP contribution in [0.25, 0.3) is 0 Å². The van der Waals surface area contributed by atoms with Crippen LogP contribution in [-0.4, -0.2) is 35.3 Å². The molecule has 1 atom stereocenters. The Kier molecular flexibility index (Phi) is 2.92. The summed E-state index contributed by atoms with van der Waals surface area (Å²) >= 11 is 0. The van der Waals surface area contributed by atoms with Crippen LogP contribution in [0.4, 0.5) is 0 Å². The minimum Gasteiger partial charge on any atom is -0.342 e. The molecule has 0 bridgehead atoms. The second kappa shape index (κ2) is 4.00. The van der Waals surface area contributed by atoms with E-state index in [1.165, 1.54) is 12.8 Å². The van der Waals surface area contributed by atoms with Gasteiger partial charge in [-0.3, -0.25) is 9.59 Å². The van der Waals surface area contributed by atoms with Crippen molar-refractivity contribution in [1.29, 1.82) is 0 Å². The zero-order chi connectivity index (χ0) is 12.7. The highest BCUT2D eigenvalue weighted by Crippen LogP contribution is 2.45. The first-order chi connectivity index (χ1) is 7.88. The molecule has 0 radical (unpaired) electrons. The third-order valence-corrected chi connectivity index (χ3v) is 4.17. The van der Waals surface area contributed by atoms with Crippen molar-refractivity contribution in [2.45, 2.75) is 52.0 Å². The Hall–Kier alpha value is -1.06. The molecule has 1 unspecified atom stereocenters. The molecule has 1 aliphatic carbocycles. The van der Waals surface area contributed by atoms with Crippen molar-refractivity contribution in [3.63, 3.8) is 0 Å². The summed E-state index contributed by atoms with van der Waals surface area (Å²) in [6.45, 7) is 7.36. The van der Waals surface area contributed by atoms with Crippen LogP contribution in [0.1, 0.15) is 46.5 Å². The SMILES string of the molecule is CCC1(C)NC(=O)CCN(CC2(C)CC2)C1=O. The quantitative estimate of drug-likeness (QED) is 0.805. The number of carbonyl (C=O) groups is 2. The Morgan fingerprint density at radius 1 is 1.29 bits per heavy atom. The Balaban J connectivity index is 2.15. The number of hydrogen-bond donors (Lipinski definition) is 1. The van der Waals surface area contributed by atoms with Crippen molar-refractivity contribution in [2.75, 3.05) is 13.1 Å². The number of amides is 2. The summed E-state index contributed by atoms with van der Waals surface area (Å²) in [5.74, 6) is 0.0742. The number of nitrogens with zero attached hydrogens (tertiary/aromatic N) is 1. The molecule has 2 rings (SSSR count). The van der Waals surface area contributed by atoms with E-state index in [0.717, 1.165) is 6.54 Å². The van der Waals surface area contributed by atoms with Gasteiger partial charge in [-0.25, -0.2) is 0 Å². The fourth-order valence-corrected chi connectivity index (χ4v) is 2.33. The van der Waals surface area contributed by atoms with E-state index in [-0.39, 0.29) is 11.8 Å². The molecule has 1 aliphatic heterocycles. The molecule has 1 saturated carbocycles. The van der Waals surface area contributed by atoms with E-state index in [0.29, 0.717) is 24.8 Å². The highest BCUT2D eigenvalue weighted by atomic mass is 16.2. The molecule has 0 aromatic carbocycles. The van der Waals surface area contributed by atoms with E-state index in [1.807, 2.05) is 18.7 Å². The van der Waals surface area contributed by atoms with Gasteiger partial charge in [-0.1, -0.05) is 13.8 Å². The smallest absolute Gasteiger partial charge is 0.248 e. The van der Waals surface area contributed by atoms with Crippen LogP contribution in [0.2, 0.25) is 0 Å². The maximum atomic E-state index is 12.5. The number of nitrogens with one attached hydrogen (secondary N) is 1. The molecule has 2 aliphatic rings. The molecule has 2 amide bonds. The molecular formula is C13H22N2O2. The second-order valence-corrected chi connectivity index (χ2v) is 6.02. The fourth-order valence-electron chi connectivity index (χ4n) is 2.33. The van der Waals surface area contributed by atoms with Crippen LogP contribution < -0.4 is 5.32 Å². The maximum Gasteiger partial charge on any atom is 0.248 e. The Bertz CT molecular complexity index is 349. The molecule has 4 heteroatoms. The molecule has 1 saturated heterocycles. The summed E-state index contributed by atoms with van der Waals surface area (Å²) in [4.78, 5) is 26.0. The molecule has 17 heavy (non-hydrogen) atoms. The Morgan fingerprint density at radius 2 is 1.94 bits per heavy atom. The molecule has 96 valence electrons. The van der Waals surface area contributed by atoms with Gasteiger partial charge in [0.1, 0.15) is 5.54 Å². The molecule has 0 aromatic heterocycles. The summed E-state index contributed by atoms with van der Waals surface area (Å²) in [5.41, 5.74) is -0.406. The van der Waals surface area contributed by atoms with Gasteiger partial charge in [0.15, 0.2) is 0 Å². The van der Waals surface area contributed by atoms with E-state index in [2.05, 4.69) is 12.2 Å². The molecule has 4 nitrogen and oxygen atoms in total. The summed E-state index contributed by atoms with van der Waals surface area (Å²) in [5, 5.41) is 2.86. The van der Waals surface area contributed by atoms with E-state index in [1.54, 1.807) is 0 Å². The van der Waals surface area contributed by atoms with E-state index in [4.69, 9.17) is 0 Å². The molecule has 1 heterocycles. The van der Waals surface area contributed by atoms with Crippen molar-refractivity contribution in [2.24, 2.45) is 5.41 Å². The Morgan fingerprint density at radius 3 is 2.47 bits per heavy atom. The van der Waals surface area contributed by atoms with Gasteiger partial charge in [0.2, 0.25) is 11.8 Å². The van der Waals surface area contributed by atoms with E-state index < -0.39 is 5.54 Å². The van der Waals surface area contributed by atoms with Crippen molar-refractivity contribution in [3.8, 4) is 0 Å². The van der Waals surface area contributed by atoms with Crippen molar-refractivity contribution >= 4 is 11.8 Å². The fraction of sp³-hybridized carbons (Fsp3) is 0.846. The lowest BCUT2D eigenvalue weighted by atomic mass is 9.96. The summed E-state index contributed by atoms with van der Waals surface area (Å²) in [6, 6.07) is 0. The normalized spacial score (nSPS) is 32.1. The van der Waals surface area contributed by atoms with Crippen LogP contribution in [0.3, 0.4) is 0 Å². The van der Waals surface area contributed by atoms with Crippen molar-refractivity contribution in [1.82, 2.24) is 10.2 Å². The predicted octanol–water partition coefficient (Wildman–Crippen LogP) is 1.30. The van der Waals surface area contributed by atoms with Crippen LogP contribution in [0, 0.1) is 5.41 Å². The van der Waals surface area contributed by atoms with Gasteiger partial charge in [0.25, 0.3) is 0 Å². The summed E-state index contributed by atoms with van der Waals surface area (Å²) in [7, 11) is 0. The topological polar surface area (TPSA) is 49.4 Å². The maximum absolute atomic E-state index is 12.5. The zero-order valence-electron chi connectivity index (χ0n) is 11.0. The van der Waals surface area contributed by atoms with E-state index in [9.17, 15) is 9.59 Å². The van der Waals surface area contributed by atoms with Gasteiger partial charge in [0.05, 0.1) is 0 Å². The van der Waals surface area contributed by atoms with E-state index >= 15 is 0 Å². The van der Waals surface area contributed by atoms with Crippen LogP contribution >= 0.6 is 0 Å². The second-order valence-electron chi connectivity index (χ2n) is 6.02. The predicted molar refractivity (Wildman–Crippen MR) is 65.4 cm³/mol. The van der Waals surface area contributed by atoms with Gasteiger partial charge in [-0.15, -0.1) is 0 Å². The molecule has 2 fully saturated rings. The molecule has 0 spiro atoms. The van der Waals surface area contributed by atoms with Crippen LogP contribution in [-0.2, 0) is 9.59 Å². The third kappa shape index (κ3) is 2.45. The van der Waals surface area contributed by atoms with Gasteiger partial charge in [-0.05, 0) is 31.6 Å².